The van der Waals surface area contributed by atoms with Crippen LogP contribution in [0.3, 0.4) is 0 Å². The van der Waals surface area contributed by atoms with Crippen molar-refractivity contribution >= 4 is 11.9 Å². The number of aliphatic hydroxyl groups excluding tert-OH is 1. The molecule has 0 saturated carbocycles. The first-order chi connectivity index (χ1) is 9.06. The summed E-state index contributed by atoms with van der Waals surface area (Å²) < 4.78 is 5.15. The highest BCUT2D eigenvalue weighted by Gasteiger charge is 2.29. The van der Waals surface area contributed by atoms with E-state index in [9.17, 15) is 14.7 Å². The van der Waals surface area contributed by atoms with Crippen molar-refractivity contribution in [3.05, 3.63) is 0 Å². The molecule has 0 bridgehead atoms. The van der Waals surface area contributed by atoms with Gasteiger partial charge in [-0.05, 0) is 40.2 Å². The molecule has 0 radical (unpaired) electrons. The fraction of sp³-hybridized carbons (Fsp3) is 0.857. The largest absolute Gasteiger partial charge is 0.444 e. The lowest BCUT2D eigenvalue weighted by molar-refractivity contribution is -0.127. The third-order valence-corrected chi connectivity index (χ3v) is 2.49. The maximum absolute atomic E-state index is 11.8. The number of amides is 1. The lowest BCUT2D eigenvalue weighted by Crippen LogP contribution is -2.50. The minimum Gasteiger partial charge on any atom is -0.444 e. The van der Waals surface area contributed by atoms with Crippen LogP contribution in [-0.4, -0.2) is 48.3 Å². The second-order valence-corrected chi connectivity index (χ2v) is 6.32. The molecule has 0 rings (SSSR count). The van der Waals surface area contributed by atoms with Crippen molar-refractivity contribution in [3.63, 3.8) is 0 Å². The van der Waals surface area contributed by atoms with Gasteiger partial charge >= 0.3 is 6.09 Å². The summed E-state index contributed by atoms with van der Waals surface area (Å²) in [7, 11) is 1.63. The summed E-state index contributed by atoms with van der Waals surface area (Å²) >= 11 is 0. The van der Waals surface area contributed by atoms with E-state index < -0.39 is 23.8 Å². The van der Waals surface area contributed by atoms with Gasteiger partial charge in [-0.3, -0.25) is 4.79 Å². The van der Waals surface area contributed by atoms with Crippen LogP contribution < -0.4 is 10.6 Å². The summed E-state index contributed by atoms with van der Waals surface area (Å²) in [4.78, 5) is 23.5. The Hall–Kier alpha value is -1.14. The number of alkyl carbamates (subject to hydrolysis) is 1. The molecule has 118 valence electrons. The molecule has 0 saturated heterocycles. The first kappa shape index (κ1) is 18.9. The minimum atomic E-state index is -1.24. The Bertz CT molecular complexity index is 324. The Kier molecular flexibility index (Phi) is 7.75. The molecule has 6 heteroatoms. The molecule has 1 unspecified atom stereocenters. The van der Waals surface area contributed by atoms with E-state index >= 15 is 0 Å². The standard InChI is InChI=1S/C14H28N2O4/c1-9(2)7-10(12(18)11(17)8-15-6)16-13(19)20-14(3,4)5/h9-10,12,15,18H,7-8H2,1-6H3,(H,16,19)/t10-,12?/m0/s1. The van der Waals surface area contributed by atoms with Crippen molar-refractivity contribution in [2.45, 2.75) is 58.8 Å². The second-order valence-electron chi connectivity index (χ2n) is 6.32. The predicted octanol–water partition coefficient (Wildman–Crippen LogP) is 1.08. The Morgan fingerprint density at radius 1 is 1.25 bits per heavy atom. The molecule has 0 aliphatic rings. The zero-order valence-electron chi connectivity index (χ0n) is 13.3. The fourth-order valence-electron chi connectivity index (χ4n) is 1.74. The van der Waals surface area contributed by atoms with Crippen molar-refractivity contribution < 1.29 is 19.4 Å². The number of hydrogen-bond donors (Lipinski definition) is 3. The smallest absolute Gasteiger partial charge is 0.407 e. The lowest BCUT2D eigenvalue weighted by Gasteiger charge is -2.27. The molecule has 0 aliphatic carbocycles. The van der Waals surface area contributed by atoms with Gasteiger partial charge in [0, 0.05) is 0 Å². The number of Topliss-reactive ketones (excluding diaryl/α,β-unsaturated/α-hetero) is 1. The number of ketones is 1. The second kappa shape index (κ2) is 8.21. The number of rotatable bonds is 7. The van der Waals surface area contributed by atoms with Crippen LogP contribution in [0.4, 0.5) is 4.79 Å². The molecular formula is C14H28N2O4. The molecule has 2 atom stereocenters. The molecular weight excluding hydrogens is 260 g/mol. The summed E-state index contributed by atoms with van der Waals surface area (Å²) in [5, 5.41) is 15.3. The van der Waals surface area contributed by atoms with Gasteiger partial charge in [-0.2, -0.15) is 0 Å². The highest BCUT2D eigenvalue weighted by atomic mass is 16.6. The number of carbonyl (C=O) groups is 2. The molecule has 0 spiro atoms. The molecule has 6 nitrogen and oxygen atoms in total. The number of aliphatic hydroxyl groups is 1. The number of nitrogens with one attached hydrogen (secondary N) is 2. The van der Waals surface area contributed by atoms with Crippen LogP contribution >= 0.6 is 0 Å². The number of ether oxygens (including phenoxy) is 1. The van der Waals surface area contributed by atoms with Gasteiger partial charge in [0.2, 0.25) is 0 Å². The zero-order valence-corrected chi connectivity index (χ0v) is 13.3. The molecule has 0 aliphatic heterocycles. The van der Waals surface area contributed by atoms with Crippen molar-refractivity contribution in [2.75, 3.05) is 13.6 Å². The van der Waals surface area contributed by atoms with E-state index in [2.05, 4.69) is 10.6 Å². The SMILES string of the molecule is CNCC(=O)C(O)[C@H](CC(C)C)NC(=O)OC(C)(C)C. The summed E-state index contributed by atoms with van der Waals surface area (Å²) in [5.74, 6) is -0.124. The Morgan fingerprint density at radius 2 is 1.80 bits per heavy atom. The van der Waals surface area contributed by atoms with Gasteiger partial charge in [0.1, 0.15) is 11.7 Å². The third kappa shape index (κ3) is 8.12. The Labute approximate surface area is 121 Å². The molecule has 3 N–H and O–H groups in total. The van der Waals surface area contributed by atoms with Crippen LogP contribution in [0.15, 0.2) is 0 Å². The molecule has 20 heavy (non-hydrogen) atoms. The normalized spacial score (nSPS) is 14.8. The molecule has 0 aromatic rings. The van der Waals surface area contributed by atoms with Gasteiger partial charge in [0.05, 0.1) is 12.6 Å². The first-order valence-electron chi connectivity index (χ1n) is 6.91. The van der Waals surface area contributed by atoms with Crippen LogP contribution in [0.2, 0.25) is 0 Å². The monoisotopic (exact) mass is 288 g/mol. The third-order valence-electron chi connectivity index (χ3n) is 2.49. The summed E-state index contributed by atoms with van der Waals surface area (Å²) in [5.41, 5.74) is -0.619. The van der Waals surface area contributed by atoms with Crippen LogP contribution in [0, 0.1) is 5.92 Å². The molecule has 0 fully saturated rings. The number of hydrogen-bond acceptors (Lipinski definition) is 5. The maximum atomic E-state index is 11.8. The average molecular weight is 288 g/mol. The predicted molar refractivity (Wildman–Crippen MR) is 77.6 cm³/mol. The highest BCUT2D eigenvalue weighted by Crippen LogP contribution is 2.12. The minimum absolute atomic E-state index is 0.0613. The summed E-state index contributed by atoms with van der Waals surface area (Å²) in [6.45, 7) is 9.25. The lowest BCUT2D eigenvalue weighted by atomic mass is 9.97. The highest BCUT2D eigenvalue weighted by molar-refractivity contribution is 5.86. The van der Waals surface area contributed by atoms with Crippen molar-refractivity contribution in [1.29, 1.82) is 0 Å². The van der Waals surface area contributed by atoms with Crippen molar-refractivity contribution in [2.24, 2.45) is 5.92 Å². The quantitative estimate of drug-likeness (QED) is 0.652. The topological polar surface area (TPSA) is 87.7 Å². The van der Waals surface area contributed by atoms with E-state index in [1.165, 1.54) is 0 Å². The molecule has 0 heterocycles. The van der Waals surface area contributed by atoms with E-state index in [1.807, 2.05) is 13.8 Å². The summed E-state index contributed by atoms with van der Waals surface area (Å²) in [6, 6.07) is -0.648. The van der Waals surface area contributed by atoms with Gasteiger partial charge in [0.15, 0.2) is 5.78 Å². The number of carbonyl (C=O) groups excluding carboxylic acids is 2. The van der Waals surface area contributed by atoms with Gasteiger partial charge < -0.3 is 20.5 Å². The van der Waals surface area contributed by atoms with Gasteiger partial charge in [-0.1, -0.05) is 13.8 Å². The molecule has 0 aromatic heterocycles. The van der Waals surface area contributed by atoms with E-state index in [0.717, 1.165) is 0 Å². The first-order valence-corrected chi connectivity index (χ1v) is 6.91. The van der Waals surface area contributed by atoms with Gasteiger partial charge in [-0.15, -0.1) is 0 Å². The van der Waals surface area contributed by atoms with Crippen LogP contribution in [0.5, 0.6) is 0 Å². The molecule has 0 aromatic carbocycles. The van der Waals surface area contributed by atoms with Crippen LogP contribution in [-0.2, 0) is 9.53 Å². The molecule has 1 amide bonds. The van der Waals surface area contributed by atoms with Crippen molar-refractivity contribution in [1.82, 2.24) is 10.6 Å². The van der Waals surface area contributed by atoms with E-state index in [-0.39, 0.29) is 18.2 Å². The maximum Gasteiger partial charge on any atom is 0.407 e. The van der Waals surface area contributed by atoms with E-state index in [4.69, 9.17) is 4.74 Å². The average Bonchev–Trinajstić information content (AvgIpc) is 2.24. The fourth-order valence-corrected chi connectivity index (χ4v) is 1.74. The van der Waals surface area contributed by atoms with Crippen LogP contribution in [0.1, 0.15) is 41.0 Å². The van der Waals surface area contributed by atoms with E-state index in [1.54, 1.807) is 27.8 Å². The Morgan fingerprint density at radius 3 is 2.20 bits per heavy atom. The van der Waals surface area contributed by atoms with Gasteiger partial charge in [-0.25, -0.2) is 4.79 Å². The van der Waals surface area contributed by atoms with Crippen LogP contribution in [0.25, 0.3) is 0 Å². The number of likely N-dealkylation sites (N-methyl/N-ethyl adjacent to an activating group) is 1. The summed E-state index contributed by atoms with van der Waals surface area (Å²) in [6.07, 6.45) is -1.37. The van der Waals surface area contributed by atoms with Crippen molar-refractivity contribution in [3.8, 4) is 0 Å². The van der Waals surface area contributed by atoms with E-state index in [0.29, 0.717) is 6.42 Å². The Balaban J connectivity index is 4.71. The zero-order chi connectivity index (χ0) is 15.9. The van der Waals surface area contributed by atoms with Gasteiger partial charge in [0.25, 0.3) is 0 Å².